The normalized spacial score (nSPS) is 49.5. The van der Waals surface area contributed by atoms with Crippen molar-refractivity contribution in [3.05, 3.63) is 0 Å². The highest BCUT2D eigenvalue weighted by molar-refractivity contribution is 4.85. The number of hydrogen-bond donors (Lipinski definition) is 1. The van der Waals surface area contributed by atoms with Crippen molar-refractivity contribution >= 4 is 0 Å². The van der Waals surface area contributed by atoms with Crippen molar-refractivity contribution < 1.29 is 14.6 Å². The van der Waals surface area contributed by atoms with Crippen LogP contribution in [-0.4, -0.2) is 29.2 Å². The fourth-order valence-electron chi connectivity index (χ4n) is 2.67. The largest absolute Gasteiger partial charge is 0.393 e. The van der Waals surface area contributed by atoms with Gasteiger partial charge in [0.1, 0.15) is 0 Å². The molecule has 0 saturated carbocycles. The predicted molar refractivity (Wildman–Crippen MR) is 52.9 cm³/mol. The van der Waals surface area contributed by atoms with Crippen LogP contribution in [0.5, 0.6) is 0 Å². The van der Waals surface area contributed by atoms with Crippen molar-refractivity contribution in [3.63, 3.8) is 0 Å². The second-order valence-electron chi connectivity index (χ2n) is 4.75. The van der Waals surface area contributed by atoms with E-state index in [1.54, 1.807) is 0 Å². The Bertz CT molecular complexity index is 189. The molecule has 3 heteroatoms. The van der Waals surface area contributed by atoms with E-state index in [0.717, 1.165) is 25.7 Å². The van der Waals surface area contributed by atoms with E-state index in [2.05, 4.69) is 6.92 Å². The fraction of sp³-hybridized carbons (Fsp3) is 1.00. The molecule has 3 nitrogen and oxygen atoms in total. The molecule has 0 aliphatic carbocycles. The Balaban J connectivity index is 2.05. The van der Waals surface area contributed by atoms with Gasteiger partial charge in [0, 0.05) is 12.8 Å². The minimum absolute atomic E-state index is 0.115. The highest BCUT2D eigenvalue weighted by Crippen LogP contribution is 2.38. The molecular formula is C11H20O3. The van der Waals surface area contributed by atoms with Crippen LogP contribution in [0.1, 0.15) is 46.0 Å². The Morgan fingerprint density at radius 3 is 2.57 bits per heavy atom. The average molecular weight is 200 g/mol. The SMILES string of the molecule is C[C@@H]1CCC[C@@]2(C[C@@H](O)C[C@H](C)O2)O1. The van der Waals surface area contributed by atoms with Gasteiger partial charge >= 0.3 is 0 Å². The molecule has 2 heterocycles. The molecule has 0 radical (unpaired) electrons. The van der Waals surface area contributed by atoms with Crippen molar-refractivity contribution in [1.29, 1.82) is 0 Å². The molecule has 0 aromatic carbocycles. The molecule has 82 valence electrons. The summed E-state index contributed by atoms with van der Waals surface area (Å²) < 4.78 is 11.7. The molecule has 2 rings (SSSR count). The highest BCUT2D eigenvalue weighted by Gasteiger charge is 2.43. The molecule has 1 spiro atoms. The third-order valence-corrected chi connectivity index (χ3v) is 3.15. The maximum absolute atomic E-state index is 9.72. The second-order valence-corrected chi connectivity index (χ2v) is 4.75. The Morgan fingerprint density at radius 1 is 1.21 bits per heavy atom. The quantitative estimate of drug-likeness (QED) is 0.648. The van der Waals surface area contributed by atoms with Crippen molar-refractivity contribution in [3.8, 4) is 0 Å². The van der Waals surface area contributed by atoms with Gasteiger partial charge in [-0.25, -0.2) is 0 Å². The topological polar surface area (TPSA) is 38.7 Å². The third-order valence-electron chi connectivity index (χ3n) is 3.15. The number of aliphatic hydroxyl groups is 1. The van der Waals surface area contributed by atoms with Crippen LogP contribution >= 0.6 is 0 Å². The van der Waals surface area contributed by atoms with E-state index in [1.165, 1.54) is 0 Å². The third kappa shape index (κ3) is 2.10. The van der Waals surface area contributed by atoms with Gasteiger partial charge in [-0.1, -0.05) is 0 Å². The minimum Gasteiger partial charge on any atom is -0.393 e. The first-order chi connectivity index (χ1) is 6.60. The zero-order valence-electron chi connectivity index (χ0n) is 9.03. The highest BCUT2D eigenvalue weighted by atomic mass is 16.7. The molecule has 1 N–H and O–H groups in total. The van der Waals surface area contributed by atoms with Crippen LogP contribution < -0.4 is 0 Å². The van der Waals surface area contributed by atoms with Gasteiger partial charge in [-0.05, 0) is 33.1 Å². The van der Waals surface area contributed by atoms with Gasteiger partial charge in [-0.3, -0.25) is 0 Å². The van der Waals surface area contributed by atoms with E-state index in [-0.39, 0.29) is 18.3 Å². The average Bonchev–Trinajstić information content (AvgIpc) is 1.99. The lowest BCUT2D eigenvalue weighted by Gasteiger charge is -2.46. The van der Waals surface area contributed by atoms with Crippen molar-refractivity contribution in [2.24, 2.45) is 0 Å². The van der Waals surface area contributed by atoms with Crippen molar-refractivity contribution in [2.75, 3.05) is 0 Å². The molecule has 0 unspecified atom stereocenters. The van der Waals surface area contributed by atoms with E-state index in [0.29, 0.717) is 6.42 Å². The molecule has 0 aromatic rings. The van der Waals surface area contributed by atoms with Crippen molar-refractivity contribution in [2.45, 2.75) is 70.1 Å². The first kappa shape index (κ1) is 10.4. The molecule has 2 saturated heterocycles. The molecule has 4 atom stereocenters. The minimum atomic E-state index is -0.477. The predicted octanol–water partition coefficient (Wildman–Crippen LogP) is 1.83. The van der Waals surface area contributed by atoms with E-state index in [9.17, 15) is 5.11 Å². The van der Waals surface area contributed by atoms with Crippen molar-refractivity contribution in [1.82, 2.24) is 0 Å². The number of hydrogen-bond acceptors (Lipinski definition) is 3. The lowest BCUT2D eigenvalue weighted by molar-refractivity contribution is -0.321. The summed E-state index contributed by atoms with van der Waals surface area (Å²) in [4.78, 5) is 0. The lowest BCUT2D eigenvalue weighted by Crippen LogP contribution is -2.50. The van der Waals surface area contributed by atoms with E-state index >= 15 is 0 Å². The van der Waals surface area contributed by atoms with Crippen LogP contribution in [0.15, 0.2) is 0 Å². The van der Waals surface area contributed by atoms with Crippen LogP contribution in [0, 0.1) is 0 Å². The molecule has 0 aromatic heterocycles. The lowest BCUT2D eigenvalue weighted by atomic mass is 9.92. The monoisotopic (exact) mass is 200 g/mol. The van der Waals surface area contributed by atoms with Crippen LogP contribution in [0.4, 0.5) is 0 Å². The Labute approximate surface area is 85.4 Å². The molecule has 2 fully saturated rings. The van der Waals surface area contributed by atoms with Gasteiger partial charge in [0.15, 0.2) is 5.79 Å². The smallest absolute Gasteiger partial charge is 0.171 e. The molecule has 0 bridgehead atoms. The summed E-state index contributed by atoms with van der Waals surface area (Å²) in [5, 5.41) is 9.72. The van der Waals surface area contributed by atoms with Crippen LogP contribution in [0.2, 0.25) is 0 Å². The summed E-state index contributed by atoms with van der Waals surface area (Å²) >= 11 is 0. The molecule has 2 aliphatic heterocycles. The van der Waals surface area contributed by atoms with E-state index in [1.807, 2.05) is 6.92 Å². The summed E-state index contributed by atoms with van der Waals surface area (Å²) in [7, 11) is 0. The fourth-order valence-corrected chi connectivity index (χ4v) is 2.67. The van der Waals surface area contributed by atoms with Gasteiger partial charge in [0.25, 0.3) is 0 Å². The van der Waals surface area contributed by atoms with E-state index < -0.39 is 5.79 Å². The maximum Gasteiger partial charge on any atom is 0.171 e. The van der Waals surface area contributed by atoms with Crippen LogP contribution in [0.3, 0.4) is 0 Å². The summed E-state index contributed by atoms with van der Waals surface area (Å²) in [5.41, 5.74) is 0. The Kier molecular flexibility index (Phi) is 2.82. The first-order valence-corrected chi connectivity index (χ1v) is 5.63. The van der Waals surface area contributed by atoms with Gasteiger partial charge in [-0.2, -0.15) is 0 Å². The van der Waals surface area contributed by atoms with Crippen LogP contribution in [-0.2, 0) is 9.47 Å². The maximum atomic E-state index is 9.72. The summed E-state index contributed by atoms with van der Waals surface area (Å²) in [5.74, 6) is -0.477. The molecule has 2 aliphatic rings. The molecular weight excluding hydrogens is 180 g/mol. The van der Waals surface area contributed by atoms with Gasteiger partial charge < -0.3 is 14.6 Å². The van der Waals surface area contributed by atoms with Gasteiger partial charge in [0.05, 0.1) is 18.3 Å². The van der Waals surface area contributed by atoms with Gasteiger partial charge in [0.2, 0.25) is 0 Å². The number of rotatable bonds is 0. The second kappa shape index (κ2) is 3.80. The first-order valence-electron chi connectivity index (χ1n) is 5.63. The number of aliphatic hydroxyl groups excluding tert-OH is 1. The number of ether oxygens (including phenoxy) is 2. The zero-order valence-corrected chi connectivity index (χ0v) is 9.03. The molecule has 14 heavy (non-hydrogen) atoms. The Hall–Kier alpha value is -0.120. The standard InChI is InChI=1S/C11H20O3/c1-8-4-3-5-11(13-8)7-10(12)6-9(2)14-11/h8-10,12H,3-7H2,1-2H3/t8-,9+,10+,11-/m1/s1. The summed E-state index contributed by atoms with van der Waals surface area (Å²) in [6.07, 6.45) is 4.67. The molecule has 0 amide bonds. The van der Waals surface area contributed by atoms with E-state index in [4.69, 9.17) is 9.47 Å². The van der Waals surface area contributed by atoms with Gasteiger partial charge in [-0.15, -0.1) is 0 Å². The Morgan fingerprint density at radius 2 is 1.93 bits per heavy atom. The summed E-state index contributed by atoms with van der Waals surface area (Å²) in [6.45, 7) is 4.09. The zero-order chi connectivity index (χ0) is 10.2. The summed E-state index contributed by atoms with van der Waals surface area (Å²) in [6, 6.07) is 0. The van der Waals surface area contributed by atoms with Crippen LogP contribution in [0.25, 0.3) is 0 Å².